The monoisotopic (exact) mass is 417 g/mol. The van der Waals surface area contributed by atoms with Crippen LogP contribution in [-0.2, 0) is 17.9 Å². The SMILES string of the molecule is CN=C(NCc1ccc(F)c(COC)c1)NC(C)c1ccc(OCC2CC2)c(F)c1. The highest BCUT2D eigenvalue weighted by molar-refractivity contribution is 5.80. The first kappa shape index (κ1) is 22.0. The van der Waals surface area contributed by atoms with E-state index in [2.05, 4.69) is 15.6 Å². The van der Waals surface area contributed by atoms with Crippen molar-refractivity contribution in [3.63, 3.8) is 0 Å². The van der Waals surface area contributed by atoms with E-state index in [1.54, 1.807) is 25.2 Å². The molecule has 0 aliphatic heterocycles. The first-order valence-corrected chi connectivity index (χ1v) is 10.2. The van der Waals surface area contributed by atoms with E-state index in [0.717, 1.165) is 11.1 Å². The number of aliphatic imine (C=N–C) groups is 1. The summed E-state index contributed by atoms with van der Waals surface area (Å²) < 4.78 is 38.7. The van der Waals surface area contributed by atoms with Crippen molar-refractivity contribution in [1.82, 2.24) is 10.6 Å². The van der Waals surface area contributed by atoms with E-state index < -0.39 is 0 Å². The topological polar surface area (TPSA) is 54.9 Å². The molecule has 0 spiro atoms. The van der Waals surface area contributed by atoms with Crippen molar-refractivity contribution in [2.24, 2.45) is 10.9 Å². The van der Waals surface area contributed by atoms with Gasteiger partial charge in [0, 0.05) is 26.3 Å². The van der Waals surface area contributed by atoms with Gasteiger partial charge in [0.15, 0.2) is 17.5 Å². The van der Waals surface area contributed by atoms with Gasteiger partial charge >= 0.3 is 0 Å². The van der Waals surface area contributed by atoms with Crippen LogP contribution < -0.4 is 15.4 Å². The number of methoxy groups -OCH3 is 1. The van der Waals surface area contributed by atoms with Crippen LogP contribution in [0.2, 0.25) is 0 Å². The smallest absolute Gasteiger partial charge is 0.191 e. The maximum absolute atomic E-state index is 14.4. The molecular formula is C23H29F2N3O2. The Labute approximate surface area is 176 Å². The standard InChI is InChI=1S/C23H29F2N3O2/c1-15(18-7-9-22(21(25)11-18)30-13-16-4-5-16)28-23(26-2)27-12-17-6-8-20(24)19(10-17)14-29-3/h6-11,15-16H,4-5,12-14H2,1-3H3,(H2,26,27,28). The summed E-state index contributed by atoms with van der Waals surface area (Å²) in [7, 11) is 3.20. The zero-order valence-electron chi connectivity index (χ0n) is 17.7. The van der Waals surface area contributed by atoms with E-state index in [-0.39, 0.29) is 24.3 Å². The van der Waals surface area contributed by atoms with Gasteiger partial charge < -0.3 is 20.1 Å². The summed E-state index contributed by atoms with van der Waals surface area (Å²) in [6, 6.07) is 9.77. The summed E-state index contributed by atoms with van der Waals surface area (Å²) in [5.74, 6) is 0.786. The molecule has 0 bridgehead atoms. The molecule has 0 aromatic heterocycles. The lowest BCUT2D eigenvalue weighted by Gasteiger charge is -2.19. The highest BCUT2D eigenvalue weighted by Gasteiger charge is 2.22. The second-order valence-electron chi connectivity index (χ2n) is 7.59. The zero-order chi connectivity index (χ0) is 21.5. The summed E-state index contributed by atoms with van der Waals surface area (Å²) >= 11 is 0. The molecule has 2 aromatic rings. The minimum absolute atomic E-state index is 0.166. The van der Waals surface area contributed by atoms with Gasteiger partial charge in [-0.3, -0.25) is 4.99 Å². The number of ether oxygens (including phenoxy) is 2. The van der Waals surface area contributed by atoms with Gasteiger partial charge in [0.2, 0.25) is 0 Å². The van der Waals surface area contributed by atoms with Gasteiger partial charge in [0.05, 0.1) is 19.3 Å². The lowest BCUT2D eigenvalue weighted by molar-refractivity contribution is 0.181. The molecule has 0 radical (unpaired) electrons. The Bertz CT molecular complexity index is 885. The molecule has 0 heterocycles. The molecule has 1 unspecified atom stereocenters. The molecule has 1 aliphatic rings. The number of hydrogen-bond acceptors (Lipinski definition) is 3. The maximum atomic E-state index is 14.4. The molecule has 5 nitrogen and oxygen atoms in total. The number of nitrogens with one attached hydrogen (secondary N) is 2. The zero-order valence-corrected chi connectivity index (χ0v) is 17.7. The molecule has 2 N–H and O–H groups in total. The Morgan fingerprint density at radius 1 is 1.17 bits per heavy atom. The Hall–Kier alpha value is -2.67. The number of benzene rings is 2. The number of nitrogens with zero attached hydrogens (tertiary/aromatic N) is 1. The molecule has 0 saturated heterocycles. The van der Waals surface area contributed by atoms with Gasteiger partial charge in [-0.05, 0) is 61.1 Å². The lowest BCUT2D eigenvalue weighted by Crippen LogP contribution is -2.38. The Balaban J connectivity index is 1.56. The van der Waals surface area contributed by atoms with Crippen LogP contribution in [-0.4, -0.2) is 26.7 Å². The molecule has 3 rings (SSSR count). The van der Waals surface area contributed by atoms with Crippen LogP contribution in [0.15, 0.2) is 41.4 Å². The predicted molar refractivity (Wildman–Crippen MR) is 113 cm³/mol. The largest absolute Gasteiger partial charge is 0.490 e. The van der Waals surface area contributed by atoms with E-state index in [4.69, 9.17) is 9.47 Å². The van der Waals surface area contributed by atoms with E-state index in [0.29, 0.717) is 36.3 Å². The van der Waals surface area contributed by atoms with Crippen LogP contribution in [0.1, 0.15) is 42.5 Å². The van der Waals surface area contributed by atoms with Crippen molar-refractivity contribution in [3.8, 4) is 5.75 Å². The fraction of sp³-hybridized carbons (Fsp3) is 0.435. The normalized spacial score (nSPS) is 15.0. The number of guanidine groups is 1. The van der Waals surface area contributed by atoms with Crippen LogP contribution in [0.5, 0.6) is 5.75 Å². The van der Waals surface area contributed by atoms with Gasteiger partial charge in [-0.2, -0.15) is 0 Å². The molecule has 1 aliphatic carbocycles. The number of halogens is 2. The van der Waals surface area contributed by atoms with Crippen molar-refractivity contribution in [1.29, 1.82) is 0 Å². The first-order chi connectivity index (χ1) is 14.5. The molecule has 1 atom stereocenters. The van der Waals surface area contributed by atoms with Crippen molar-refractivity contribution in [2.75, 3.05) is 20.8 Å². The number of rotatable bonds is 9. The average Bonchev–Trinajstić information content (AvgIpc) is 3.56. The van der Waals surface area contributed by atoms with Crippen LogP contribution in [0.3, 0.4) is 0 Å². The van der Waals surface area contributed by atoms with Crippen molar-refractivity contribution < 1.29 is 18.3 Å². The van der Waals surface area contributed by atoms with Gasteiger partial charge in [-0.25, -0.2) is 8.78 Å². The fourth-order valence-corrected chi connectivity index (χ4v) is 3.07. The van der Waals surface area contributed by atoms with Gasteiger partial charge in [-0.15, -0.1) is 0 Å². The minimum Gasteiger partial charge on any atom is -0.490 e. The third-order valence-corrected chi connectivity index (χ3v) is 5.07. The molecule has 1 saturated carbocycles. The van der Waals surface area contributed by atoms with E-state index >= 15 is 0 Å². The Morgan fingerprint density at radius 2 is 1.97 bits per heavy atom. The Kier molecular flexibility index (Phi) is 7.63. The molecular weight excluding hydrogens is 388 g/mol. The number of hydrogen-bond donors (Lipinski definition) is 2. The summed E-state index contributed by atoms with van der Waals surface area (Å²) in [6.45, 7) is 3.19. The summed E-state index contributed by atoms with van der Waals surface area (Å²) in [5.41, 5.74) is 2.20. The van der Waals surface area contributed by atoms with Crippen molar-refractivity contribution in [2.45, 2.75) is 39.0 Å². The highest BCUT2D eigenvalue weighted by atomic mass is 19.1. The van der Waals surface area contributed by atoms with Gasteiger partial charge in [0.25, 0.3) is 0 Å². The maximum Gasteiger partial charge on any atom is 0.191 e. The first-order valence-electron chi connectivity index (χ1n) is 10.2. The van der Waals surface area contributed by atoms with Gasteiger partial charge in [0.1, 0.15) is 5.82 Å². The van der Waals surface area contributed by atoms with Gasteiger partial charge in [-0.1, -0.05) is 12.1 Å². The third kappa shape index (κ3) is 6.16. The Morgan fingerprint density at radius 3 is 2.63 bits per heavy atom. The highest BCUT2D eigenvalue weighted by Crippen LogP contribution is 2.30. The third-order valence-electron chi connectivity index (χ3n) is 5.07. The molecule has 1 fully saturated rings. The molecule has 2 aromatic carbocycles. The molecule has 162 valence electrons. The van der Waals surface area contributed by atoms with Crippen LogP contribution in [0, 0.1) is 17.6 Å². The minimum atomic E-state index is -0.360. The summed E-state index contributed by atoms with van der Waals surface area (Å²) in [5, 5.41) is 6.44. The van der Waals surface area contributed by atoms with Crippen molar-refractivity contribution in [3.05, 3.63) is 64.7 Å². The molecule has 30 heavy (non-hydrogen) atoms. The molecule has 7 heteroatoms. The second-order valence-corrected chi connectivity index (χ2v) is 7.59. The van der Waals surface area contributed by atoms with E-state index in [1.165, 1.54) is 32.1 Å². The fourth-order valence-electron chi connectivity index (χ4n) is 3.07. The van der Waals surface area contributed by atoms with Crippen LogP contribution in [0.4, 0.5) is 8.78 Å². The van der Waals surface area contributed by atoms with Crippen molar-refractivity contribution >= 4 is 5.96 Å². The predicted octanol–water partition coefficient (Wildman–Crippen LogP) is 4.33. The molecule has 0 amide bonds. The summed E-state index contributed by atoms with van der Waals surface area (Å²) in [6.07, 6.45) is 2.33. The quantitative estimate of drug-likeness (QED) is 0.471. The lowest BCUT2D eigenvalue weighted by atomic mass is 10.1. The average molecular weight is 418 g/mol. The van der Waals surface area contributed by atoms with Crippen LogP contribution in [0.25, 0.3) is 0 Å². The van der Waals surface area contributed by atoms with Crippen LogP contribution >= 0.6 is 0 Å². The second kappa shape index (κ2) is 10.4. The summed E-state index contributed by atoms with van der Waals surface area (Å²) in [4.78, 5) is 4.22. The van der Waals surface area contributed by atoms with E-state index in [9.17, 15) is 8.78 Å². The van der Waals surface area contributed by atoms with E-state index in [1.807, 2.05) is 13.0 Å².